The highest BCUT2D eigenvalue weighted by atomic mass is 79.9. The lowest BCUT2D eigenvalue weighted by molar-refractivity contribution is -0.117. The lowest BCUT2D eigenvalue weighted by Gasteiger charge is -2.12. The molecule has 1 N–H and O–H groups in total. The number of hydrogen-bond acceptors (Lipinski definition) is 2. The van der Waals surface area contributed by atoms with E-state index in [1.165, 1.54) is 0 Å². The van der Waals surface area contributed by atoms with Crippen LogP contribution in [0.15, 0.2) is 52.3 Å². The zero-order valence-electron chi connectivity index (χ0n) is 10.5. The molecule has 0 fully saturated rings. The predicted molar refractivity (Wildman–Crippen MR) is 84.1 cm³/mol. The van der Waals surface area contributed by atoms with Gasteiger partial charge in [-0.1, -0.05) is 34.1 Å². The van der Waals surface area contributed by atoms with Crippen molar-refractivity contribution >= 4 is 39.2 Å². The Balaban J connectivity index is 1.93. The molecule has 0 bridgehead atoms. The third-order valence-electron chi connectivity index (χ3n) is 2.67. The van der Waals surface area contributed by atoms with Gasteiger partial charge in [0, 0.05) is 15.4 Å². The largest absolute Gasteiger partial charge is 0.346 e. The molecule has 2 nitrogen and oxygen atoms in total. The molecule has 0 saturated heterocycles. The summed E-state index contributed by atoms with van der Waals surface area (Å²) in [6, 6.07) is 11.9. The van der Waals surface area contributed by atoms with Crippen LogP contribution in [-0.2, 0) is 4.79 Å². The van der Waals surface area contributed by atoms with Gasteiger partial charge in [0.25, 0.3) is 0 Å². The first-order chi connectivity index (χ1) is 9.15. The molecule has 2 rings (SSSR count). The predicted octanol–water partition coefficient (Wildman–Crippen LogP) is 4.40. The second-order valence-electron chi connectivity index (χ2n) is 4.13. The molecule has 0 radical (unpaired) electrons. The van der Waals surface area contributed by atoms with Gasteiger partial charge in [0.15, 0.2) is 0 Å². The minimum Gasteiger partial charge on any atom is -0.346 e. The van der Waals surface area contributed by atoms with Crippen LogP contribution < -0.4 is 5.32 Å². The summed E-state index contributed by atoms with van der Waals surface area (Å²) in [4.78, 5) is 12.9. The second kappa shape index (κ2) is 6.68. The van der Waals surface area contributed by atoms with E-state index in [9.17, 15) is 4.79 Å². The van der Waals surface area contributed by atoms with Crippen LogP contribution in [-0.4, -0.2) is 5.91 Å². The quantitative estimate of drug-likeness (QED) is 0.824. The Hall–Kier alpha value is -1.39. The van der Waals surface area contributed by atoms with Crippen LogP contribution in [0.3, 0.4) is 0 Å². The van der Waals surface area contributed by atoms with Crippen LogP contribution in [0.1, 0.15) is 23.4 Å². The molecule has 1 heterocycles. The zero-order chi connectivity index (χ0) is 13.7. The maximum absolute atomic E-state index is 11.8. The summed E-state index contributed by atoms with van der Waals surface area (Å²) < 4.78 is 1.03. The van der Waals surface area contributed by atoms with Crippen molar-refractivity contribution in [3.8, 4) is 0 Å². The fraction of sp³-hybridized carbons (Fsp3) is 0.133. The van der Waals surface area contributed by atoms with Crippen LogP contribution in [0.2, 0.25) is 0 Å². The number of nitrogens with one attached hydrogen (secondary N) is 1. The summed E-state index contributed by atoms with van der Waals surface area (Å²) in [5.41, 5.74) is 1.08. The van der Waals surface area contributed by atoms with Crippen LogP contribution >= 0.6 is 27.3 Å². The summed E-state index contributed by atoms with van der Waals surface area (Å²) in [5.74, 6) is -0.0798. The van der Waals surface area contributed by atoms with E-state index in [2.05, 4.69) is 21.2 Å². The van der Waals surface area contributed by atoms with Crippen molar-refractivity contribution in [1.82, 2.24) is 5.32 Å². The second-order valence-corrected chi connectivity index (χ2v) is 6.03. The van der Waals surface area contributed by atoms with Gasteiger partial charge in [-0.2, -0.15) is 0 Å². The molecular formula is C15H14BrNOS. The molecule has 0 saturated carbocycles. The maximum atomic E-state index is 11.8. The van der Waals surface area contributed by atoms with Gasteiger partial charge in [-0.25, -0.2) is 0 Å². The molecule has 0 aliphatic rings. The van der Waals surface area contributed by atoms with Crippen molar-refractivity contribution in [2.45, 2.75) is 13.0 Å². The molecule has 2 aromatic rings. The van der Waals surface area contributed by atoms with E-state index in [1.54, 1.807) is 17.4 Å². The van der Waals surface area contributed by atoms with Gasteiger partial charge in [0.05, 0.1) is 6.04 Å². The van der Waals surface area contributed by atoms with Crippen molar-refractivity contribution in [3.05, 3.63) is 62.8 Å². The van der Waals surface area contributed by atoms with Crippen LogP contribution in [0, 0.1) is 0 Å². The summed E-state index contributed by atoms with van der Waals surface area (Å²) in [5, 5.41) is 4.93. The fourth-order valence-corrected chi connectivity index (χ4v) is 2.52. The lowest BCUT2D eigenvalue weighted by atomic mass is 10.1. The number of halogens is 1. The Morgan fingerprint density at radius 3 is 2.68 bits per heavy atom. The SMILES string of the molecule is CC(NC(=O)/C=C/c1cccs1)c1ccc(Br)cc1. The van der Waals surface area contributed by atoms with E-state index < -0.39 is 0 Å². The summed E-state index contributed by atoms with van der Waals surface area (Å²) in [7, 11) is 0. The normalized spacial score (nSPS) is 12.5. The van der Waals surface area contributed by atoms with Crippen LogP contribution in [0.25, 0.3) is 6.08 Å². The average molecular weight is 336 g/mol. The number of thiophene rings is 1. The van der Waals surface area contributed by atoms with Crippen molar-refractivity contribution < 1.29 is 4.79 Å². The molecule has 1 atom stereocenters. The van der Waals surface area contributed by atoms with Crippen molar-refractivity contribution in [2.24, 2.45) is 0 Å². The maximum Gasteiger partial charge on any atom is 0.244 e. The monoisotopic (exact) mass is 335 g/mol. The molecule has 0 aliphatic carbocycles. The summed E-state index contributed by atoms with van der Waals surface area (Å²) >= 11 is 5.00. The molecule has 98 valence electrons. The van der Waals surface area contributed by atoms with E-state index in [0.717, 1.165) is 14.9 Å². The lowest BCUT2D eigenvalue weighted by Crippen LogP contribution is -2.24. The van der Waals surface area contributed by atoms with E-state index in [-0.39, 0.29) is 11.9 Å². The highest BCUT2D eigenvalue weighted by Crippen LogP contribution is 2.16. The summed E-state index contributed by atoms with van der Waals surface area (Å²) in [6.45, 7) is 1.97. The minimum absolute atomic E-state index is 0.00594. The number of rotatable bonds is 4. The molecule has 19 heavy (non-hydrogen) atoms. The fourth-order valence-electron chi connectivity index (χ4n) is 1.64. The molecule has 0 aliphatic heterocycles. The standard InChI is InChI=1S/C15H14BrNOS/c1-11(12-4-6-13(16)7-5-12)17-15(18)9-8-14-3-2-10-19-14/h2-11H,1H3,(H,17,18)/b9-8+. The van der Waals surface area contributed by atoms with Gasteiger partial charge in [0.2, 0.25) is 5.91 Å². The van der Waals surface area contributed by atoms with E-state index in [1.807, 2.05) is 54.8 Å². The van der Waals surface area contributed by atoms with Gasteiger partial charge >= 0.3 is 0 Å². The number of carbonyl (C=O) groups excluding carboxylic acids is 1. The van der Waals surface area contributed by atoms with Gasteiger partial charge in [0.1, 0.15) is 0 Å². The molecule has 1 aromatic heterocycles. The first-order valence-corrected chi connectivity index (χ1v) is 7.60. The molecular weight excluding hydrogens is 322 g/mol. The highest BCUT2D eigenvalue weighted by Gasteiger charge is 2.06. The first-order valence-electron chi connectivity index (χ1n) is 5.93. The summed E-state index contributed by atoms with van der Waals surface area (Å²) in [6.07, 6.45) is 3.40. The number of hydrogen-bond donors (Lipinski definition) is 1. The molecule has 1 aromatic carbocycles. The van der Waals surface area contributed by atoms with Gasteiger partial charge in [-0.05, 0) is 42.1 Å². The molecule has 1 unspecified atom stereocenters. The Morgan fingerprint density at radius 2 is 2.05 bits per heavy atom. The topological polar surface area (TPSA) is 29.1 Å². The number of carbonyl (C=O) groups is 1. The smallest absolute Gasteiger partial charge is 0.244 e. The number of benzene rings is 1. The van der Waals surface area contributed by atoms with Crippen LogP contribution in [0.5, 0.6) is 0 Å². The number of amides is 1. The Labute approximate surface area is 125 Å². The average Bonchev–Trinajstić information content (AvgIpc) is 2.90. The van der Waals surface area contributed by atoms with E-state index in [4.69, 9.17) is 0 Å². The Morgan fingerprint density at radius 1 is 1.32 bits per heavy atom. The molecule has 1 amide bonds. The Bertz CT molecular complexity index is 560. The third-order valence-corrected chi connectivity index (χ3v) is 4.04. The Kier molecular flexibility index (Phi) is 4.93. The van der Waals surface area contributed by atoms with Crippen LogP contribution in [0.4, 0.5) is 0 Å². The van der Waals surface area contributed by atoms with Gasteiger partial charge < -0.3 is 5.32 Å². The minimum atomic E-state index is -0.0798. The van der Waals surface area contributed by atoms with Crippen molar-refractivity contribution in [1.29, 1.82) is 0 Å². The third kappa shape index (κ3) is 4.33. The zero-order valence-corrected chi connectivity index (χ0v) is 12.9. The van der Waals surface area contributed by atoms with Crippen molar-refractivity contribution in [3.63, 3.8) is 0 Å². The van der Waals surface area contributed by atoms with E-state index in [0.29, 0.717) is 0 Å². The molecule has 4 heteroatoms. The van der Waals surface area contributed by atoms with Crippen molar-refractivity contribution in [2.75, 3.05) is 0 Å². The molecule has 0 spiro atoms. The highest BCUT2D eigenvalue weighted by molar-refractivity contribution is 9.10. The van der Waals surface area contributed by atoms with E-state index >= 15 is 0 Å². The van der Waals surface area contributed by atoms with Gasteiger partial charge in [-0.3, -0.25) is 4.79 Å². The van der Waals surface area contributed by atoms with Gasteiger partial charge in [-0.15, -0.1) is 11.3 Å². The first kappa shape index (κ1) is 14.0.